The molecule has 2 unspecified atom stereocenters. The average molecular weight is 239 g/mol. The van der Waals surface area contributed by atoms with Crippen LogP contribution in [0.2, 0.25) is 0 Å². The van der Waals surface area contributed by atoms with Gasteiger partial charge in [0.25, 0.3) is 0 Å². The lowest BCUT2D eigenvalue weighted by molar-refractivity contribution is -0.128. The fourth-order valence-electron chi connectivity index (χ4n) is 1.97. The number of thiophene rings is 1. The van der Waals surface area contributed by atoms with E-state index in [2.05, 4.69) is 5.32 Å². The minimum absolute atomic E-state index is 0.0448. The minimum atomic E-state index is -0.293. The lowest BCUT2D eigenvalue weighted by atomic mass is 9.64. The van der Waals surface area contributed by atoms with Crippen LogP contribution in [-0.4, -0.2) is 23.2 Å². The van der Waals surface area contributed by atoms with Crippen LogP contribution in [-0.2, 0) is 11.2 Å². The van der Waals surface area contributed by atoms with Crippen LogP contribution in [0.25, 0.3) is 0 Å². The van der Waals surface area contributed by atoms with Crippen LogP contribution in [0.15, 0.2) is 16.8 Å². The standard InChI is InChI=1S/C12H17NO2S/c1-12(2)9(6-10(12)14)13-11(15)5-8-3-4-16-7-8/h3-4,7,9-10,14H,5-6H2,1-2H3,(H,13,15). The zero-order valence-corrected chi connectivity index (χ0v) is 10.4. The van der Waals surface area contributed by atoms with Gasteiger partial charge in [-0.25, -0.2) is 0 Å². The maximum atomic E-state index is 11.7. The van der Waals surface area contributed by atoms with Crippen molar-refractivity contribution in [1.29, 1.82) is 0 Å². The van der Waals surface area contributed by atoms with Gasteiger partial charge in [-0.05, 0) is 28.8 Å². The molecule has 1 aliphatic carbocycles. The van der Waals surface area contributed by atoms with Gasteiger partial charge < -0.3 is 10.4 Å². The molecule has 0 spiro atoms. The molecule has 2 atom stereocenters. The lowest BCUT2D eigenvalue weighted by Crippen LogP contribution is -2.61. The number of carbonyl (C=O) groups is 1. The first-order valence-electron chi connectivity index (χ1n) is 5.48. The predicted octanol–water partition coefficient (Wildman–Crippen LogP) is 1.57. The Morgan fingerprint density at radius 3 is 2.94 bits per heavy atom. The molecule has 1 aliphatic rings. The number of hydrogen-bond acceptors (Lipinski definition) is 3. The largest absolute Gasteiger partial charge is 0.392 e. The molecular formula is C12H17NO2S. The van der Waals surface area contributed by atoms with Crippen molar-refractivity contribution in [2.45, 2.75) is 38.8 Å². The van der Waals surface area contributed by atoms with E-state index in [0.717, 1.165) is 5.56 Å². The Labute approximate surface area is 99.5 Å². The van der Waals surface area contributed by atoms with Crippen LogP contribution in [0.1, 0.15) is 25.8 Å². The summed E-state index contributed by atoms with van der Waals surface area (Å²) in [7, 11) is 0. The van der Waals surface area contributed by atoms with E-state index in [9.17, 15) is 9.90 Å². The van der Waals surface area contributed by atoms with Gasteiger partial charge in [0, 0.05) is 11.5 Å². The van der Waals surface area contributed by atoms with Gasteiger partial charge in [-0.3, -0.25) is 4.79 Å². The maximum Gasteiger partial charge on any atom is 0.224 e. The summed E-state index contributed by atoms with van der Waals surface area (Å²) in [5, 5.41) is 16.5. The van der Waals surface area contributed by atoms with Crippen molar-refractivity contribution in [1.82, 2.24) is 5.32 Å². The van der Waals surface area contributed by atoms with E-state index >= 15 is 0 Å². The van der Waals surface area contributed by atoms with Gasteiger partial charge in [0.1, 0.15) is 0 Å². The predicted molar refractivity (Wildman–Crippen MR) is 64.4 cm³/mol. The molecule has 0 aliphatic heterocycles. The molecule has 1 amide bonds. The molecule has 1 heterocycles. The second-order valence-corrected chi connectivity index (χ2v) is 5.78. The molecule has 16 heavy (non-hydrogen) atoms. The Balaban J connectivity index is 1.85. The van der Waals surface area contributed by atoms with Crippen molar-refractivity contribution >= 4 is 17.2 Å². The van der Waals surface area contributed by atoms with Crippen LogP contribution >= 0.6 is 11.3 Å². The van der Waals surface area contributed by atoms with Gasteiger partial charge in [-0.15, -0.1) is 0 Å². The summed E-state index contributed by atoms with van der Waals surface area (Å²) in [4.78, 5) is 11.7. The first-order chi connectivity index (χ1) is 7.50. The summed E-state index contributed by atoms with van der Waals surface area (Å²) in [6, 6.07) is 2.07. The van der Waals surface area contributed by atoms with Crippen LogP contribution in [0.3, 0.4) is 0 Å². The minimum Gasteiger partial charge on any atom is -0.392 e. The molecule has 1 fully saturated rings. The summed E-state index contributed by atoms with van der Waals surface area (Å²) in [6.07, 6.45) is 0.813. The fraction of sp³-hybridized carbons (Fsp3) is 0.583. The van der Waals surface area contributed by atoms with Crippen LogP contribution in [0, 0.1) is 5.41 Å². The second-order valence-electron chi connectivity index (χ2n) is 5.00. The fourth-order valence-corrected chi connectivity index (χ4v) is 2.64. The van der Waals surface area contributed by atoms with Crippen LogP contribution in [0.5, 0.6) is 0 Å². The summed E-state index contributed by atoms with van der Waals surface area (Å²) in [5.74, 6) is 0.0448. The molecule has 0 bridgehead atoms. The molecular weight excluding hydrogens is 222 g/mol. The molecule has 0 saturated heterocycles. The number of aliphatic hydroxyl groups is 1. The SMILES string of the molecule is CC1(C)C(O)CC1NC(=O)Cc1ccsc1. The summed E-state index contributed by atoms with van der Waals surface area (Å²) >= 11 is 1.60. The number of hydrogen-bond donors (Lipinski definition) is 2. The van der Waals surface area contributed by atoms with Crippen molar-refractivity contribution in [3.8, 4) is 0 Å². The first-order valence-corrected chi connectivity index (χ1v) is 6.43. The van der Waals surface area contributed by atoms with Crippen molar-refractivity contribution in [2.24, 2.45) is 5.41 Å². The van der Waals surface area contributed by atoms with Crippen molar-refractivity contribution in [3.63, 3.8) is 0 Å². The normalized spacial score (nSPS) is 27.2. The molecule has 2 N–H and O–H groups in total. The van der Waals surface area contributed by atoms with E-state index in [1.807, 2.05) is 30.7 Å². The summed E-state index contributed by atoms with van der Waals surface area (Å²) in [6.45, 7) is 3.97. The topological polar surface area (TPSA) is 49.3 Å². The number of rotatable bonds is 3. The molecule has 1 aromatic heterocycles. The van der Waals surface area contributed by atoms with Crippen molar-refractivity contribution < 1.29 is 9.90 Å². The number of nitrogens with one attached hydrogen (secondary N) is 1. The van der Waals surface area contributed by atoms with Gasteiger partial charge in [-0.1, -0.05) is 13.8 Å². The smallest absolute Gasteiger partial charge is 0.224 e. The lowest BCUT2D eigenvalue weighted by Gasteiger charge is -2.49. The molecule has 1 aromatic rings. The number of amides is 1. The van der Waals surface area contributed by atoms with E-state index in [1.54, 1.807) is 11.3 Å². The Morgan fingerprint density at radius 2 is 2.44 bits per heavy atom. The van der Waals surface area contributed by atoms with Crippen molar-refractivity contribution in [3.05, 3.63) is 22.4 Å². The third-order valence-corrected chi connectivity index (χ3v) is 4.23. The zero-order valence-electron chi connectivity index (χ0n) is 9.56. The Hall–Kier alpha value is -0.870. The third-order valence-electron chi connectivity index (χ3n) is 3.50. The van der Waals surface area contributed by atoms with Crippen LogP contribution < -0.4 is 5.32 Å². The van der Waals surface area contributed by atoms with E-state index < -0.39 is 0 Å². The first kappa shape index (κ1) is 11.6. The molecule has 4 heteroatoms. The van der Waals surface area contributed by atoms with Gasteiger partial charge in [0.15, 0.2) is 0 Å². The highest BCUT2D eigenvalue weighted by molar-refractivity contribution is 7.07. The van der Waals surface area contributed by atoms with Crippen LogP contribution in [0.4, 0.5) is 0 Å². The highest BCUT2D eigenvalue weighted by Gasteiger charge is 2.47. The second kappa shape index (κ2) is 4.18. The van der Waals surface area contributed by atoms with E-state index in [4.69, 9.17) is 0 Å². The van der Waals surface area contributed by atoms with E-state index in [1.165, 1.54) is 0 Å². The van der Waals surface area contributed by atoms with E-state index in [0.29, 0.717) is 12.8 Å². The average Bonchev–Trinajstić information content (AvgIpc) is 2.70. The number of carbonyl (C=O) groups excluding carboxylic acids is 1. The third kappa shape index (κ3) is 2.13. The highest BCUT2D eigenvalue weighted by Crippen LogP contribution is 2.40. The quantitative estimate of drug-likeness (QED) is 0.841. The molecule has 0 radical (unpaired) electrons. The van der Waals surface area contributed by atoms with Gasteiger partial charge in [-0.2, -0.15) is 11.3 Å². The Kier molecular flexibility index (Phi) is 3.04. The molecule has 2 rings (SSSR count). The van der Waals surface area contributed by atoms with E-state index in [-0.39, 0.29) is 23.5 Å². The summed E-state index contributed by atoms with van der Waals surface area (Å²) < 4.78 is 0. The van der Waals surface area contributed by atoms with Crippen molar-refractivity contribution in [2.75, 3.05) is 0 Å². The van der Waals surface area contributed by atoms with Gasteiger partial charge in [0.05, 0.1) is 12.5 Å². The molecule has 0 aromatic carbocycles. The Bertz CT molecular complexity index is 372. The summed E-state index contributed by atoms with van der Waals surface area (Å²) in [5.41, 5.74) is 0.866. The monoisotopic (exact) mass is 239 g/mol. The highest BCUT2D eigenvalue weighted by atomic mass is 32.1. The zero-order chi connectivity index (χ0) is 11.8. The molecule has 1 saturated carbocycles. The molecule has 3 nitrogen and oxygen atoms in total. The maximum absolute atomic E-state index is 11.7. The Morgan fingerprint density at radius 1 is 1.69 bits per heavy atom. The number of aliphatic hydroxyl groups excluding tert-OH is 1. The van der Waals surface area contributed by atoms with Gasteiger partial charge >= 0.3 is 0 Å². The van der Waals surface area contributed by atoms with Gasteiger partial charge in [0.2, 0.25) is 5.91 Å². The molecule has 88 valence electrons.